The lowest BCUT2D eigenvalue weighted by Crippen LogP contribution is -2.59. The minimum absolute atomic E-state index is 0.0704. The van der Waals surface area contributed by atoms with Gasteiger partial charge in [-0.25, -0.2) is 0 Å². The van der Waals surface area contributed by atoms with Crippen molar-refractivity contribution in [3.63, 3.8) is 0 Å². The van der Waals surface area contributed by atoms with Crippen molar-refractivity contribution in [1.82, 2.24) is 0 Å². The predicted octanol–water partition coefficient (Wildman–Crippen LogP) is 4.92. The lowest BCUT2D eigenvalue weighted by Gasteiger charge is -2.51. The largest absolute Gasteiger partial charge is 0.414 e. The van der Waals surface area contributed by atoms with Gasteiger partial charge in [-0.2, -0.15) is 0 Å². The van der Waals surface area contributed by atoms with Crippen LogP contribution in [-0.4, -0.2) is 51.3 Å². The van der Waals surface area contributed by atoms with Gasteiger partial charge in [0.15, 0.2) is 16.6 Å². The minimum Gasteiger partial charge on any atom is -0.414 e. The van der Waals surface area contributed by atoms with Gasteiger partial charge in [-0.15, -0.1) is 0 Å². The maximum Gasteiger partial charge on any atom is 0.192 e. The standard InChI is InChI=1S/C20H44O4Si2/c1-15-17(24-26(10,11)19(5,6)7)12-16(13-20(15,22)14-21)23-25(8,9)18(2,3)4/h15-17,21-22H,12-14H2,1-11H3/t15?,16-,17-,20+/m1/s1. The Labute approximate surface area is 163 Å². The van der Waals surface area contributed by atoms with E-state index in [1.54, 1.807) is 0 Å². The van der Waals surface area contributed by atoms with Gasteiger partial charge in [0.1, 0.15) is 0 Å². The molecule has 4 nitrogen and oxygen atoms in total. The molecule has 1 fully saturated rings. The summed E-state index contributed by atoms with van der Waals surface area (Å²) >= 11 is 0. The highest BCUT2D eigenvalue weighted by Crippen LogP contribution is 2.45. The van der Waals surface area contributed by atoms with Crippen molar-refractivity contribution in [3.05, 3.63) is 0 Å². The molecule has 0 saturated heterocycles. The normalized spacial score (nSPS) is 32.0. The number of aliphatic hydroxyl groups is 2. The van der Waals surface area contributed by atoms with Gasteiger partial charge >= 0.3 is 0 Å². The fourth-order valence-corrected chi connectivity index (χ4v) is 5.85. The van der Waals surface area contributed by atoms with Crippen LogP contribution in [0.25, 0.3) is 0 Å². The molecular formula is C20H44O4Si2. The third kappa shape index (κ3) is 5.20. The zero-order valence-corrected chi connectivity index (χ0v) is 21.1. The van der Waals surface area contributed by atoms with E-state index in [1.165, 1.54) is 0 Å². The van der Waals surface area contributed by atoms with E-state index >= 15 is 0 Å². The minimum atomic E-state index is -1.97. The highest BCUT2D eigenvalue weighted by Gasteiger charge is 2.51. The molecule has 0 aromatic rings. The van der Waals surface area contributed by atoms with Crippen LogP contribution in [0.5, 0.6) is 0 Å². The van der Waals surface area contributed by atoms with E-state index in [1.807, 2.05) is 6.92 Å². The van der Waals surface area contributed by atoms with Crippen molar-refractivity contribution in [3.8, 4) is 0 Å². The van der Waals surface area contributed by atoms with Crippen molar-refractivity contribution >= 4 is 16.6 Å². The SMILES string of the molecule is CC1[C@H](O[Si](C)(C)C(C)(C)C)C[C@@H](O[Si](C)(C)C(C)(C)C)C[C@]1(O)CO. The number of hydrogen-bond donors (Lipinski definition) is 2. The Morgan fingerprint density at radius 3 is 1.73 bits per heavy atom. The van der Waals surface area contributed by atoms with Gasteiger partial charge in [-0.3, -0.25) is 0 Å². The summed E-state index contributed by atoms with van der Waals surface area (Å²) in [5.74, 6) is -0.110. The number of aliphatic hydroxyl groups excluding tert-OH is 1. The van der Waals surface area contributed by atoms with Crippen molar-refractivity contribution in [2.24, 2.45) is 5.92 Å². The zero-order chi connectivity index (χ0) is 20.8. The van der Waals surface area contributed by atoms with Crippen LogP contribution in [0.1, 0.15) is 61.3 Å². The Bertz CT molecular complexity index is 479. The first-order chi connectivity index (χ1) is 11.4. The van der Waals surface area contributed by atoms with Crippen LogP contribution in [-0.2, 0) is 8.85 Å². The van der Waals surface area contributed by atoms with E-state index in [4.69, 9.17) is 8.85 Å². The van der Waals surface area contributed by atoms with Gasteiger partial charge in [-0.05, 0) is 42.7 Å². The first-order valence-electron chi connectivity index (χ1n) is 10.1. The van der Waals surface area contributed by atoms with Crippen LogP contribution in [0.4, 0.5) is 0 Å². The number of hydrogen-bond acceptors (Lipinski definition) is 4. The zero-order valence-electron chi connectivity index (χ0n) is 19.1. The average molecular weight is 405 g/mol. The molecule has 2 N–H and O–H groups in total. The molecule has 1 unspecified atom stereocenters. The maximum atomic E-state index is 11.1. The second-order valence-corrected chi connectivity index (χ2v) is 20.9. The lowest BCUT2D eigenvalue weighted by molar-refractivity contribution is -0.146. The van der Waals surface area contributed by atoms with E-state index in [2.05, 4.69) is 67.7 Å². The predicted molar refractivity (Wildman–Crippen MR) is 115 cm³/mol. The summed E-state index contributed by atoms with van der Waals surface area (Å²) < 4.78 is 13.3. The molecular weight excluding hydrogens is 360 g/mol. The lowest BCUT2D eigenvalue weighted by atomic mass is 9.74. The topological polar surface area (TPSA) is 58.9 Å². The monoisotopic (exact) mass is 404 g/mol. The Morgan fingerprint density at radius 2 is 1.35 bits per heavy atom. The first kappa shape index (κ1) is 24.3. The van der Waals surface area contributed by atoms with Crippen LogP contribution in [0, 0.1) is 5.92 Å². The van der Waals surface area contributed by atoms with Crippen molar-refractivity contribution in [1.29, 1.82) is 0 Å². The molecule has 0 amide bonds. The van der Waals surface area contributed by atoms with Crippen LogP contribution < -0.4 is 0 Å². The van der Waals surface area contributed by atoms with Crippen molar-refractivity contribution in [2.75, 3.05) is 6.61 Å². The van der Waals surface area contributed by atoms with Gasteiger partial charge < -0.3 is 19.1 Å². The Morgan fingerprint density at radius 1 is 0.923 bits per heavy atom. The maximum absolute atomic E-state index is 11.1. The molecule has 6 heteroatoms. The molecule has 1 aliphatic rings. The van der Waals surface area contributed by atoms with Gasteiger partial charge in [0.05, 0.1) is 24.4 Å². The molecule has 0 aromatic heterocycles. The van der Waals surface area contributed by atoms with Crippen LogP contribution in [0.2, 0.25) is 36.3 Å². The molecule has 0 aliphatic heterocycles. The van der Waals surface area contributed by atoms with Gasteiger partial charge in [0.25, 0.3) is 0 Å². The molecule has 0 radical (unpaired) electrons. The summed E-state index contributed by atoms with van der Waals surface area (Å²) in [6.07, 6.45) is 1.12. The molecule has 156 valence electrons. The van der Waals surface area contributed by atoms with E-state index in [9.17, 15) is 10.2 Å². The molecule has 0 aromatic carbocycles. The second kappa shape index (κ2) is 7.60. The summed E-state index contributed by atoms with van der Waals surface area (Å²) in [6.45, 7) is 24.1. The van der Waals surface area contributed by atoms with Crippen molar-refractivity contribution in [2.45, 2.75) is 115 Å². The molecule has 4 atom stereocenters. The van der Waals surface area contributed by atoms with E-state index in [0.717, 1.165) is 6.42 Å². The molecule has 0 spiro atoms. The highest BCUT2D eigenvalue weighted by atomic mass is 28.4. The van der Waals surface area contributed by atoms with Gasteiger partial charge in [0.2, 0.25) is 0 Å². The van der Waals surface area contributed by atoms with Crippen LogP contribution in [0.3, 0.4) is 0 Å². The summed E-state index contributed by atoms with van der Waals surface area (Å²) in [5, 5.41) is 21.3. The van der Waals surface area contributed by atoms with Gasteiger partial charge in [-0.1, -0.05) is 48.5 Å². The summed E-state index contributed by atoms with van der Waals surface area (Å²) in [6, 6.07) is 0. The molecule has 1 aliphatic carbocycles. The fourth-order valence-electron chi connectivity index (χ4n) is 3.07. The van der Waals surface area contributed by atoms with E-state index < -0.39 is 22.2 Å². The molecule has 1 rings (SSSR count). The van der Waals surface area contributed by atoms with Crippen molar-refractivity contribution < 1.29 is 19.1 Å². The Kier molecular flexibility index (Phi) is 7.10. The quantitative estimate of drug-likeness (QED) is 0.638. The Balaban J connectivity index is 3.08. The number of rotatable bonds is 5. The van der Waals surface area contributed by atoms with Crippen LogP contribution >= 0.6 is 0 Å². The molecule has 0 bridgehead atoms. The molecule has 1 saturated carbocycles. The first-order valence-corrected chi connectivity index (χ1v) is 15.9. The van der Waals surface area contributed by atoms with E-state index in [0.29, 0.717) is 6.42 Å². The summed E-state index contributed by atoms with van der Waals surface area (Å²) in [7, 11) is -3.92. The Hall–Kier alpha value is 0.274. The third-order valence-electron chi connectivity index (χ3n) is 7.28. The second-order valence-electron chi connectivity index (χ2n) is 11.4. The fraction of sp³-hybridized carbons (Fsp3) is 1.00. The van der Waals surface area contributed by atoms with Crippen LogP contribution in [0.15, 0.2) is 0 Å². The molecule has 0 heterocycles. The summed E-state index contributed by atoms with van der Waals surface area (Å²) in [4.78, 5) is 0. The third-order valence-corrected chi connectivity index (χ3v) is 16.3. The highest BCUT2D eigenvalue weighted by molar-refractivity contribution is 6.74. The van der Waals surface area contributed by atoms with E-state index in [-0.39, 0.29) is 34.8 Å². The summed E-state index contributed by atoms with van der Waals surface area (Å²) in [5.41, 5.74) is -1.14. The molecule has 26 heavy (non-hydrogen) atoms. The average Bonchev–Trinajstić information content (AvgIpc) is 2.41. The van der Waals surface area contributed by atoms with Gasteiger partial charge in [0, 0.05) is 12.3 Å². The smallest absolute Gasteiger partial charge is 0.192 e.